The molecular formula is C24H16BrN2O6-. The fourth-order valence-corrected chi connectivity index (χ4v) is 3.91. The molecule has 4 rings (SSSR count). The van der Waals surface area contributed by atoms with Crippen LogP contribution in [-0.4, -0.2) is 23.8 Å². The number of furan rings is 1. The lowest BCUT2D eigenvalue weighted by molar-refractivity contribution is -0.255. The normalized spacial score (nSPS) is 15.2. The first-order valence-electron chi connectivity index (χ1n) is 9.76. The van der Waals surface area contributed by atoms with Gasteiger partial charge in [-0.2, -0.15) is 0 Å². The predicted molar refractivity (Wildman–Crippen MR) is 121 cm³/mol. The van der Waals surface area contributed by atoms with E-state index in [1.807, 2.05) is 6.92 Å². The second kappa shape index (κ2) is 8.51. The van der Waals surface area contributed by atoms with Crippen LogP contribution in [0.15, 0.2) is 63.0 Å². The van der Waals surface area contributed by atoms with Gasteiger partial charge in [0.1, 0.15) is 17.1 Å². The van der Waals surface area contributed by atoms with Gasteiger partial charge in [0, 0.05) is 15.6 Å². The third-order valence-corrected chi connectivity index (χ3v) is 6.22. The van der Waals surface area contributed by atoms with Crippen molar-refractivity contribution >= 4 is 51.5 Å². The predicted octanol–water partition coefficient (Wildman–Crippen LogP) is 3.36. The summed E-state index contributed by atoms with van der Waals surface area (Å²) in [5.74, 6) is -2.67. The van der Waals surface area contributed by atoms with E-state index in [-0.39, 0.29) is 22.7 Å². The molecule has 1 N–H and O–H groups in total. The first kappa shape index (κ1) is 22.2. The van der Waals surface area contributed by atoms with Crippen molar-refractivity contribution in [1.29, 1.82) is 0 Å². The van der Waals surface area contributed by atoms with Crippen molar-refractivity contribution in [1.82, 2.24) is 5.32 Å². The third kappa shape index (κ3) is 3.98. The number of hydrogen-bond donors (Lipinski definition) is 1. The van der Waals surface area contributed by atoms with Crippen molar-refractivity contribution in [2.75, 3.05) is 4.90 Å². The van der Waals surface area contributed by atoms with Gasteiger partial charge in [-0.25, -0.2) is 9.69 Å². The van der Waals surface area contributed by atoms with Crippen molar-refractivity contribution in [3.05, 3.63) is 81.0 Å². The second-order valence-electron chi connectivity index (χ2n) is 7.31. The van der Waals surface area contributed by atoms with E-state index < -0.39 is 23.8 Å². The molecule has 2 aromatic carbocycles. The van der Waals surface area contributed by atoms with E-state index in [9.17, 15) is 24.3 Å². The highest BCUT2D eigenvalue weighted by atomic mass is 79.9. The summed E-state index contributed by atoms with van der Waals surface area (Å²) in [5, 5.41) is 13.5. The van der Waals surface area contributed by atoms with E-state index >= 15 is 0 Å². The molecule has 0 aliphatic carbocycles. The molecular weight excluding hydrogens is 492 g/mol. The van der Waals surface area contributed by atoms with Crippen LogP contribution in [-0.2, 0) is 9.59 Å². The van der Waals surface area contributed by atoms with Crippen LogP contribution in [0.2, 0.25) is 0 Å². The number of benzene rings is 2. The molecule has 1 fully saturated rings. The molecule has 3 aromatic rings. The van der Waals surface area contributed by atoms with Gasteiger partial charge in [-0.15, -0.1) is 0 Å². The number of carbonyl (C=O) groups excluding carboxylic acids is 4. The van der Waals surface area contributed by atoms with Gasteiger partial charge in [0.05, 0.1) is 11.7 Å². The van der Waals surface area contributed by atoms with Crippen LogP contribution in [0.3, 0.4) is 0 Å². The lowest BCUT2D eigenvalue weighted by Crippen LogP contribution is -2.54. The third-order valence-electron chi connectivity index (χ3n) is 5.36. The first-order valence-corrected chi connectivity index (χ1v) is 10.6. The summed E-state index contributed by atoms with van der Waals surface area (Å²) >= 11 is 3.41. The fourth-order valence-electron chi connectivity index (χ4n) is 3.49. The molecule has 0 radical (unpaired) electrons. The molecule has 9 heteroatoms. The Morgan fingerprint density at radius 2 is 1.76 bits per heavy atom. The number of halogens is 1. The summed E-state index contributed by atoms with van der Waals surface area (Å²) < 4.78 is 6.50. The van der Waals surface area contributed by atoms with Crippen LogP contribution in [0.25, 0.3) is 17.4 Å². The lowest BCUT2D eigenvalue weighted by Gasteiger charge is -2.28. The number of carboxylic acid groups (broad SMARTS) is 1. The number of imide groups is 2. The summed E-state index contributed by atoms with van der Waals surface area (Å²) in [4.78, 5) is 50.4. The SMILES string of the molecule is Cc1c(Br)ccc(N2C(=O)NC(=O)/C(=C\c3ccc(-c4ccccc4C(=O)[O-])o3)C2=O)c1C. The Hall–Kier alpha value is -3.98. The number of rotatable bonds is 4. The molecule has 8 nitrogen and oxygen atoms in total. The summed E-state index contributed by atoms with van der Waals surface area (Å²) in [5.41, 5.74) is 1.82. The van der Waals surface area contributed by atoms with Gasteiger partial charge >= 0.3 is 6.03 Å². The van der Waals surface area contributed by atoms with E-state index in [2.05, 4.69) is 21.2 Å². The topological polar surface area (TPSA) is 120 Å². The van der Waals surface area contributed by atoms with E-state index in [1.165, 1.54) is 24.3 Å². The molecule has 0 unspecified atom stereocenters. The molecule has 166 valence electrons. The van der Waals surface area contributed by atoms with Crippen LogP contribution in [0, 0.1) is 13.8 Å². The number of aromatic carboxylic acids is 1. The number of carboxylic acids is 1. The van der Waals surface area contributed by atoms with Crippen molar-refractivity contribution in [3.8, 4) is 11.3 Å². The maximum absolute atomic E-state index is 13.2. The Kier molecular flexibility index (Phi) is 5.73. The number of urea groups is 1. The zero-order valence-corrected chi connectivity index (χ0v) is 19.1. The summed E-state index contributed by atoms with van der Waals surface area (Å²) in [6, 6.07) is 11.6. The van der Waals surface area contributed by atoms with Crippen LogP contribution >= 0.6 is 15.9 Å². The first-order chi connectivity index (χ1) is 15.7. The monoisotopic (exact) mass is 507 g/mol. The molecule has 0 spiro atoms. The zero-order chi connectivity index (χ0) is 23.9. The van der Waals surface area contributed by atoms with Crippen LogP contribution in [0.1, 0.15) is 27.2 Å². The van der Waals surface area contributed by atoms with Crippen molar-refractivity contribution in [2.45, 2.75) is 13.8 Å². The van der Waals surface area contributed by atoms with Crippen LogP contribution in [0.4, 0.5) is 10.5 Å². The number of amides is 4. The van der Waals surface area contributed by atoms with Gasteiger partial charge in [0.2, 0.25) is 0 Å². The number of barbiturate groups is 1. The maximum Gasteiger partial charge on any atom is 0.335 e. The number of nitrogens with one attached hydrogen (secondary N) is 1. The Morgan fingerprint density at radius 3 is 2.48 bits per heavy atom. The number of nitrogens with zero attached hydrogens (tertiary/aromatic N) is 1. The fraction of sp³-hybridized carbons (Fsp3) is 0.0833. The highest BCUT2D eigenvalue weighted by Crippen LogP contribution is 2.32. The van der Waals surface area contributed by atoms with Crippen LogP contribution < -0.4 is 15.3 Å². The molecule has 2 heterocycles. The number of anilines is 1. The second-order valence-corrected chi connectivity index (χ2v) is 8.16. The minimum atomic E-state index is -1.36. The van der Waals surface area contributed by atoms with Gasteiger partial charge in [-0.05, 0) is 55.3 Å². The molecule has 4 amide bonds. The summed E-state index contributed by atoms with van der Waals surface area (Å²) in [7, 11) is 0. The Morgan fingerprint density at radius 1 is 1.03 bits per heavy atom. The Bertz CT molecular complexity index is 1370. The lowest BCUT2D eigenvalue weighted by atomic mass is 10.0. The highest BCUT2D eigenvalue weighted by Gasteiger charge is 2.38. The van der Waals surface area contributed by atoms with Gasteiger partial charge in [0.15, 0.2) is 0 Å². The van der Waals surface area contributed by atoms with Gasteiger partial charge in [-0.3, -0.25) is 14.9 Å². The van der Waals surface area contributed by atoms with Gasteiger partial charge in [0.25, 0.3) is 11.8 Å². The smallest absolute Gasteiger partial charge is 0.335 e. The average molecular weight is 508 g/mol. The van der Waals surface area contributed by atoms with E-state index in [4.69, 9.17) is 4.42 Å². The zero-order valence-electron chi connectivity index (χ0n) is 17.5. The average Bonchev–Trinajstić information content (AvgIpc) is 3.25. The Labute approximate surface area is 196 Å². The molecule has 1 aliphatic heterocycles. The van der Waals surface area contributed by atoms with Gasteiger partial charge < -0.3 is 14.3 Å². The molecule has 0 saturated carbocycles. The minimum Gasteiger partial charge on any atom is -0.545 e. The number of carbonyl (C=O) groups is 4. The molecule has 0 bridgehead atoms. The quantitative estimate of drug-likeness (QED) is 0.427. The summed E-state index contributed by atoms with van der Waals surface area (Å²) in [6.45, 7) is 3.61. The summed E-state index contributed by atoms with van der Waals surface area (Å²) in [6.07, 6.45) is 1.21. The van der Waals surface area contributed by atoms with Gasteiger partial charge in [-0.1, -0.05) is 40.2 Å². The molecule has 1 saturated heterocycles. The van der Waals surface area contributed by atoms with E-state index in [0.29, 0.717) is 16.8 Å². The number of hydrogen-bond acceptors (Lipinski definition) is 6. The van der Waals surface area contributed by atoms with E-state index in [1.54, 1.807) is 37.3 Å². The van der Waals surface area contributed by atoms with Crippen molar-refractivity contribution in [3.63, 3.8) is 0 Å². The Balaban J connectivity index is 1.73. The van der Waals surface area contributed by atoms with Crippen LogP contribution in [0.5, 0.6) is 0 Å². The van der Waals surface area contributed by atoms with Crippen molar-refractivity contribution in [2.24, 2.45) is 0 Å². The van der Waals surface area contributed by atoms with Crippen molar-refractivity contribution < 1.29 is 28.7 Å². The highest BCUT2D eigenvalue weighted by molar-refractivity contribution is 9.10. The molecule has 1 aliphatic rings. The largest absolute Gasteiger partial charge is 0.545 e. The standard InChI is InChI=1S/C24H17BrN2O6/c1-12-13(2)19(9-8-18(12)25)27-22(29)17(21(28)26-24(27)32)11-14-7-10-20(33-14)15-5-3-4-6-16(15)23(30)31/h3-11H,1-2H3,(H,30,31)(H,26,28,32)/p-1/b17-11+. The maximum atomic E-state index is 13.2. The minimum absolute atomic E-state index is 0.0598. The molecule has 1 aromatic heterocycles. The molecule has 33 heavy (non-hydrogen) atoms. The molecule has 0 atom stereocenters. The van der Waals surface area contributed by atoms with E-state index in [0.717, 1.165) is 14.9 Å².